The van der Waals surface area contributed by atoms with E-state index in [-0.39, 0.29) is 23.8 Å². The van der Waals surface area contributed by atoms with E-state index in [1.54, 1.807) is 29.0 Å². The van der Waals surface area contributed by atoms with Crippen LogP contribution in [0, 0.1) is 5.92 Å². The normalized spacial score (nSPS) is 22.7. The molecular weight excluding hydrogens is 340 g/mol. The van der Waals surface area contributed by atoms with E-state index in [4.69, 9.17) is 18.9 Å². The molecule has 0 radical (unpaired) electrons. The number of hydrogen-bond donors (Lipinski definition) is 0. The quantitative estimate of drug-likeness (QED) is 0.780. The summed E-state index contributed by atoms with van der Waals surface area (Å²) >= 11 is 0. The first-order valence-corrected chi connectivity index (χ1v) is 8.43. The number of benzene rings is 1. The van der Waals surface area contributed by atoms with E-state index in [0.717, 1.165) is 0 Å². The highest BCUT2D eigenvalue weighted by Gasteiger charge is 2.39. The van der Waals surface area contributed by atoms with Crippen molar-refractivity contribution in [1.29, 1.82) is 0 Å². The Balaban J connectivity index is 1.93. The molecule has 1 aromatic rings. The molecule has 2 atom stereocenters. The predicted octanol–water partition coefficient (Wildman–Crippen LogP) is 0.642. The Morgan fingerprint density at radius 2 is 1.73 bits per heavy atom. The number of rotatable bonds is 4. The van der Waals surface area contributed by atoms with Crippen molar-refractivity contribution in [3.05, 3.63) is 17.7 Å². The molecule has 0 N–H and O–H groups in total. The first-order valence-electron chi connectivity index (χ1n) is 8.43. The SMILES string of the molecule is COc1cc(C(=O)N2C[C@@H]3COC[C@H](C2)N(C)C3=O)cc(OC)c1OC. The molecule has 2 bridgehead atoms. The molecule has 0 aromatic heterocycles. The molecule has 2 saturated heterocycles. The van der Waals surface area contributed by atoms with Gasteiger partial charge < -0.3 is 28.7 Å². The largest absolute Gasteiger partial charge is 0.493 e. The average Bonchev–Trinajstić information content (AvgIpc) is 2.84. The minimum absolute atomic E-state index is 0.0210. The van der Waals surface area contributed by atoms with Crippen molar-refractivity contribution in [3.63, 3.8) is 0 Å². The summed E-state index contributed by atoms with van der Waals surface area (Å²) in [4.78, 5) is 29.0. The van der Waals surface area contributed by atoms with Crippen LogP contribution in [0.25, 0.3) is 0 Å². The zero-order valence-electron chi connectivity index (χ0n) is 15.5. The van der Waals surface area contributed by atoms with Gasteiger partial charge in [0, 0.05) is 25.7 Å². The molecule has 0 saturated carbocycles. The topological polar surface area (TPSA) is 77.5 Å². The van der Waals surface area contributed by atoms with Gasteiger partial charge in [-0.25, -0.2) is 0 Å². The van der Waals surface area contributed by atoms with Crippen molar-refractivity contribution >= 4 is 11.8 Å². The maximum absolute atomic E-state index is 13.1. The monoisotopic (exact) mass is 364 g/mol. The lowest BCUT2D eigenvalue weighted by Gasteiger charge is -2.29. The smallest absolute Gasteiger partial charge is 0.254 e. The summed E-state index contributed by atoms with van der Waals surface area (Å²) in [6.07, 6.45) is 0. The van der Waals surface area contributed by atoms with Gasteiger partial charge in [-0.1, -0.05) is 0 Å². The molecule has 3 rings (SSSR count). The molecule has 26 heavy (non-hydrogen) atoms. The van der Waals surface area contributed by atoms with Gasteiger partial charge in [-0.2, -0.15) is 0 Å². The van der Waals surface area contributed by atoms with Crippen LogP contribution in [0.5, 0.6) is 17.2 Å². The van der Waals surface area contributed by atoms with Gasteiger partial charge in [0.25, 0.3) is 5.91 Å². The number of carbonyl (C=O) groups excluding carboxylic acids is 2. The second kappa shape index (κ2) is 7.41. The molecule has 1 aromatic carbocycles. The fraction of sp³-hybridized carbons (Fsp3) is 0.556. The zero-order valence-corrected chi connectivity index (χ0v) is 15.5. The minimum Gasteiger partial charge on any atom is -0.493 e. The summed E-state index contributed by atoms with van der Waals surface area (Å²) in [5.74, 6) is 0.765. The molecule has 2 aliphatic rings. The molecule has 8 nitrogen and oxygen atoms in total. The van der Waals surface area contributed by atoms with E-state index in [0.29, 0.717) is 49.1 Å². The number of fused-ring (bicyclic) bond motifs is 3. The van der Waals surface area contributed by atoms with Crippen molar-refractivity contribution in [3.8, 4) is 17.2 Å². The number of nitrogens with zero attached hydrogens (tertiary/aromatic N) is 2. The number of hydrogen-bond acceptors (Lipinski definition) is 6. The number of likely N-dealkylation sites (N-methyl/N-ethyl adjacent to an activating group) is 1. The second-order valence-corrected chi connectivity index (χ2v) is 6.46. The van der Waals surface area contributed by atoms with E-state index in [2.05, 4.69) is 0 Å². The van der Waals surface area contributed by atoms with Crippen LogP contribution in [-0.2, 0) is 9.53 Å². The van der Waals surface area contributed by atoms with Crippen molar-refractivity contribution < 1.29 is 28.5 Å². The summed E-state index contributed by atoms with van der Waals surface area (Å²) in [7, 11) is 6.29. The van der Waals surface area contributed by atoms with Gasteiger partial charge in [0.15, 0.2) is 11.5 Å². The molecule has 2 amide bonds. The van der Waals surface area contributed by atoms with Gasteiger partial charge in [0.2, 0.25) is 11.7 Å². The average molecular weight is 364 g/mol. The Morgan fingerprint density at radius 3 is 2.31 bits per heavy atom. The molecule has 0 unspecified atom stereocenters. The van der Waals surface area contributed by atoms with Crippen LogP contribution in [-0.4, -0.2) is 82.3 Å². The maximum atomic E-state index is 13.1. The summed E-state index contributed by atoms with van der Waals surface area (Å²) < 4.78 is 21.6. The fourth-order valence-corrected chi connectivity index (χ4v) is 3.45. The number of ether oxygens (including phenoxy) is 4. The van der Waals surface area contributed by atoms with Crippen LogP contribution in [0.2, 0.25) is 0 Å². The van der Waals surface area contributed by atoms with Crippen molar-refractivity contribution in [2.45, 2.75) is 6.04 Å². The Labute approximate surface area is 152 Å². The van der Waals surface area contributed by atoms with Gasteiger partial charge in [-0.15, -0.1) is 0 Å². The van der Waals surface area contributed by atoms with E-state index in [9.17, 15) is 9.59 Å². The Morgan fingerprint density at radius 1 is 1.08 bits per heavy atom. The van der Waals surface area contributed by atoms with Crippen LogP contribution >= 0.6 is 0 Å². The van der Waals surface area contributed by atoms with E-state index >= 15 is 0 Å². The third-order valence-electron chi connectivity index (χ3n) is 4.94. The molecule has 2 heterocycles. The number of methoxy groups -OCH3 is 3. The van der Waals surface area contributed by atoms with Gasteiger partial charge in [0.05, 0.1) is 46.5 Å². The molecule has 142 valence electrons. The third-order valence-corrected chi connectivity index (χ3v) is 4.94. The lowest BCUT2D eigenvalue weighted by Crippen LogP contribution is -2.45. The number of carbonyl (C=O) groups is 2. The van der Waals surface area contributed by atoms with Gasteiger partial charge in [-0.05, 0) is 12.1 Å². The Hall–Kier alpha value is -2.48. The zero-order chi connectivity index (χ0) is 18.8. The highest BCUT2D eigenvalue weighted by molar-refractivity contribution is 5.96. The van der Waals surface area contributed by atoms with Crippen LogP contribution in [0.1, 0.15) is 10.4 Å². The van der Waals surface area contributed by atoms with Crippen molar-refractivity contribution in [2.75, 3.05) is 54.7 Å². The summed E-state index contributed by atoms with van der Waals surface area (Å²) in [5, 5.41) is 0. The molecule has 0 spiro atoms. The van der Waals surface area contributed by atoms with Crippen LogP contribution in [0.15, 0.2) is 12.1 Å². The fourth-order valence-electron chi connectivity index (χ4n) is 3.45. The summed E-state index contributed by atoms with van der Waals surface area (Å²) in [5.41, 5.74) is 0.426. The molecule has 2 aliphatic heterocycles. The minimum atomic E-state index is -0.349. The van der Waals surface area contributed by atoms with Crippen LogP contribution in [0.4, 0.5) is 0 Å². The first kappa shape index (κ1) is 18.3. The highest BCUT2D eigenvalue weighted by Crippen LogP contribution is 2.38. The maximum Gasteiger partial charge on any atom is 0.254 e. The van der Waals surface area contributed by atoms with Gasteiger partial charge >= 0.3 is 0 Å². The highest BCUT2D eigenvalue weighted by atomic mass is 16.5. The molecular formula is C18H24N2O6. The third kappa shape index (κ3) is 3.16. The van der Waals surface area contributed by atoms with Gasteiger partial charge in [-0.3, -0.25) is 9.59 Å². The number of amides is 2. The van der Waals surface area contributed by atoms with Crippen molar-refractivity contribution in [2.24, 2.45) is 5.92 Å². The lowest BCUT2D eigenvalue weighted by atomic mass is 10.1. The summed E-state index contributed by atoms with van der Waals surface area (Å²) in [6.45, 7) is 1.51. The second-order valence-electron chi connectivity index (χ2n) is 6.46. The summed E-state index contributed by atoms with van der Waals surface area (Å²) in [6, 6.07) is 3.11. The predicted molar refractivity (Wildman–Crippen MR) is 92.9 cm³/mol. The Kier molecular flexibility index (Phi) is 5.22. The standard InChI is InChI=1S/C18H24N2O6/c1-19-13-8-20(7-12(17(19)21)9-26-10-13)18(22)11-5-14(23-2)16(25-4)15(6-11)24-3/h5-6,12-13H,7-10H2,1-4H3/t12-,13+/m1/s1. The van der Waals surface area contributed by atoms with Crippen molar-refractivity contribution in [1.82, 2.24) is 9.80 Å². The molecule has 0 aliphatic carbocycles. The molecule has 8 heteroatoms. The van der Waals surface area contributed by atoms with Crippen LogP contribution in [0.3, 0.4) is 0 Å². The lowest BCUT2D eigenvalue weighted by molar-refractivity contribution is -0.133. The van der Waals surface area contributed by atoms with E-state index in [1.807, 2.05) is 0 Å². The Bertz CT molecular complexity index is 682. The first-order chi connectivity index (χ1) is 12.5. The van der Waals surface area contributed by atoms with Gasteiger partial charge in [0.1, 0.15) is 0 Å². The van der Waals surface area contributed by atoms with Crippen LogP contribution < -0.4 is 14.2 Å². The van der Waals surface area contributed by atoms with E-state index < -0.39 is 0 Å². The van der Waals surface area contributed by atoms with E-state index in [1.165, 1.54) is 21.3 Å². The molecule has 2 fully saturated rings.